The van der Waals surface area contributed by atoms with Crippen molar-refractivity contribution < 1.29 is 19.4 Å². The van der Waals surface area contributed by atoms with Crippen LogP contribution in [0.2, 0.25) is 0 Å². The van der Waals surface area contributed by atoms with E-state index in [0.717, 1.165) is 16.9 Å². The lowest BCUT2D eigenvalue weighted by atomic mass is 9.69. The maximum absolute atomic E-state index is 13.3. The predicted octanol–water partition coefficient (Wildman–Crippen LogP) is 5.05. The van der Waals surface area contributed by atoms with Gasteiger partial charge in [-0.2, -0.15) is 0 Å². The minimum Gasteiger partial charge on any atom is -0.497 e. The summed E-state index contributed by atoms with van der Waals surface area (Å²) >= 11 is 0. The van der Waals surface area contributed by atoms with Crippen LogP contribution in [0.5, 0.6) is 5.75 Å². The van der Waals surface area contributed by atoms with E-state index in [-0.39, 0.29) is 18.1 Å². The zero-order chi connectivity index (χ0) is 24.9. The van der Waals surface area contributed by atoms with E-state index in [2.05, 4.69) is 4.90 Å². The minimum absolute atomic E-state index is 0.0362. The van der Waals surface area contributed by atoms with Gasteiger partial charge in [0, 0.05) is 25.0 Å². The molecule has 1 amide bonds. The van der Waals surface area contributed by atoms with Gasteiger partial charge < -0.3 is 24.4 Å². The van der Waals surface area contributed by atoms with Crippen molar-refractivity contribution in [1.82, 2.24) is 9.80 Å². The van der Waals surface area contributed by atoms with Crippen LogP contribution in [0.25, 0.3) is 0 Å². The van der Waals surface area contributed by atoms with E-state index >= 15 is 0 Å². The van der Waals surface area contributed by atoms with Gasteiger partial charge in [-0.15, -0.1) is 0 Å². The first-order chi connectivity index (χ1) is 16.0. The average Bonchev–Trinajstić information content (AvgIpc) is 2.78. The van der Waals surface area contributed by atoms with Crippen molar-refractivity contribution in [2.45, 2.75) is 63.8 Å². The zero-order valence-corrected chi connectivity index (χ0v) is 21.5. The van der Waals surface area contributed by atoms with Crippen LogP contribution in [0, 0.1) is 5.92 Å². The molecule has 1 saturated carbocycles. The lowest BCUT2D eigenvalue weighted by Gasteiger charge is -2.47. The Morgan fingerprint density at radius 2 is 1.82 bits per heavy atom. The Morgan fingerprint density at radius 3 is 2.44 bits per heavy atom. The maximum Gasteiger partial charge on any atom is 0.410 e. The Balaban J connectivity index is 1.91. The molecule has 3 unspecified atom stereocenters. The Hall–Kier alpha value is -2.57. The Labute approximate surface area is 204 Å². The first kappa shape index (κ1) is 26.0. The fraction of sp³-hybridized carbons (Fsp3) is 0.536. The van der Waals surface area contributed by atoms with E-state index in [1.807, 2.05) is 94.4 Å². The molecule has 2 aromatic carbocycles. The second kappa shape index (κ2) is 10.8. The third-order valence-corrected chi connectivity index (χ3v) is 6.51. The molecule has 6 nitrogen and oxygen atoms in total. The van der Waals surface area contributed by atoms with Crippen molar-refractivity contribution in [2.75, 3.05) is 27.7 Å². The second-order valence-corrected chi connectivity index (χ2v) is 10.6. The van der Waals surface area contributed by atoms with E-state index in [1.54, 1.807) is 7.11 Å². The summed E-state index contributed by atoms with van der Waals surface area (Å²) in [5, 5.41) is 12.0. The largest absolute Gasteiger partial charge is 0.497 e. The van der Waals surface area contributed by atoms with Gasteiger partial charge in [0.05, 0.1) is 12.7 Å². The van der Waals surface area contributed by atoms with Crippen LogP contribution in [-0.4, -0.2) is 60.4 Å². The number of amides is 1. The molecule has 1 aliphatic carbocycles. The molecule has 0 heterocycles. The third kappa shape index (κ3) is 6.51. The van der Waals surface area contributed by atoms with Crippen molar-refractivity contribution in [1.29, 1.82) is 0 Å². The highest BCUT2D eigenvalue weighted by Gasteiger charge is 2.46. The summed E-state index contributed by atoms with van der Waals surface area (Å²) in [6.45, 7) is 6.86. The topological polar surface area (TPSA) is 62.2 Å². The summed E-state index contributed by atoms with van der Waals surface area (Å²) in [7, 11) is 5.68. The highest BCUT2D eigenvalue weighted by atomic mass is 16.6. The third-order valence-electron chi connectivity index (χ3n) is 6.51. The van der Waals surface area contributed by atoms with Gasteiger partial charge in [-0.3, -0.25) is 0 Å². The molecule has 0 spiro atoms. The molecular weight excluding hydrogens is 428 g/mol. The van der Waals surface area contributed by atoms with Gasteiger partial charge >= 0.3 is 6.09 Å². The van der Waals surface area contributed by atoms with Gasteiger partial charge in [-0.25, -0.2) is 4.79 Å². The Morgan fingerprint density at radius 1 is 1.12 bits per heavy atom. The normalized spacial score (nSPS) is 22.9. The molecule has 0 bridgehead atoms. The van der Waals surface area contributed by atoms with Crippen LogP contribution in [0.4, 0.5) is 4.79 Å². The van der Waals surface area contributed by atoms with Gasteiger partial charge in [0.2, 0.25) is 0 Å². The summed E-state index contributed by atoms with van der Waals surface area (Å²) < 4.78 is 11.2. The molecule has 1 aliphatic rings. The molecule has 3 atom stereocenters. The number of ether oxygens (including phenoxy) is 2. The monoisotopic (exact) mass is 468 g/mol. The molecule has 3 rings (SSSR count). The van der Waals surface area contributed by atoms with E-state index < -0.39 is 11.2 Å². The van der Waals surface area contributed by atoms with Gasteiger partial charge in [0.15, 0.2) is 0 Å². The van der Waals surface area contributed by atoms with Crippen molar-refractivity contribution in [3.8, 4) is 5.75 Å². The van der Waals surface area contributed by atoms with E-state index in [1.165, 1.54) is 0 Å². The van der Waals surface area contributed by atoms with Crippen molar-refractivity contribution in [3.63, 3.8) is 0 Å². The van der Waals surface area contributed by atoms with Crippen LogP contribution in [0.1, 0.15) is 51.2 Å². The summed E-state index contributed by atoms with van der Waals surface area (Å²) in [4.78, 5) is 17.3. The summed E-state index contributed by atoms with van der Waals surface area (Å²) in [6, 6.07) is 17.7. The van der Waals surface area contributed by atoms with Crippen molar-refractivity contribution in [3.05, 3.63) is 65.7 Å². The van der Waals surface area contributed by atoms with E-state index in [0.29, 0.717) is 32.4 Å². The minimum atomic E-state index is -0.998. The predicted molar refractivity (Wildman–Crippen MR) is 135 cm³/mol. The molecule has 6 heteroatoms. The average molecular weight is 469 g/mol. The lowest BCUT2D eigenvalue weighted by molar-refractivity contribution is -0.0846. The fourth-order valence-corrected chi connectivity index (χ4v) is 4.90. The van der Waals surface area contributed by atoms with Gasteiger partial charge in [0.1, 0.15) is 11.4 Å². The number of aliphatic hydroxyl groups is 1. The Kier molecular flexibility index (Phi) is 8.26. The standard InChI is InChI=1S/C28H40N2O4/c1-27(2,3)34-26(31)30(19-21-11-8-7-9-12-21)24-15-16-28(32,23(17-24)20-29(4)5)22-13-10-14-25(18-22)33-6/h7-14,18,23-24,32H,15-17,19-20H2,1-6H3. The number of carbonyl (C=O) groups excluding carboxylic acids is 1. The van der Waals surface area contributed by atoms with Crippen LogP contribution in [0.3, 0.4) is 0 Å². The van der Waals surface area contributed by atoms with Crippen LogP contribution < -0.4 is 4.74 Å². The fourth-order valence-electron chi connectivity index (χ4n) is 4.90. The van der Waals surface area contributed by atoms with Crippen molar-refractivity contribution in [2.24, 2.45) is 5.92 Å². The summed E-state index contributed by atoms with van der Waals surface area (Å²) in [5.41, 5.74) is 0.349. The van der Waals surface area contributed by atoms with Crippen LogP contribution in [-0.2, 0) is 16.9 Å². The highest BCUT2D eigenvalue weighted by molar-refractivity contribution is 5.68. The van der Waals surface area contributed by atoms with Crippen LogP contribution >= 0.6 is 0 Å². The first-order valence-electron chi connectivity index (χ1n) is 12.1. The van der Waals surface area contributed by atoms with Crippen molar-refractivity contribution >= 4 is 6.09 Å². The van der Waals surface area contributed by atoms with Crippen LogP contribution in [0.15, 0.2) is 54.6 Å². The van der Waals surface area contributed by atoms with E-state index in [9.17, 15) is 9.90 Å². The molecule has 0 aliphatic heterocycles. The molecule has 186 valence electrons. The van der Waals surface area contributed by atoms with Gasteiger partial charge in [0.25, 0.3) is 0 Å². The number of carbonyl (C=O) groups is 1. The number of nitrogens with zero attached hydrogens (tertiary/aromatic N) is 2. The van der Waals surface area contributed by atoms with E-state index in [4.69, 9.17) is 9.47 Å². The highest BCUT2D eigenvalue weighted by Crippen LogP contribution is 2.44. The van der Waals surface area contributed by atoms with Gasteiger partial charge in [-0.1, -0.05) is 42.5 Å². The quantitative estimate of drug-likeness (QED) is 0.616. The molecule has 0 aromatic heterocycles. The maximum atomic E-state index is 13.3. The smallest absolute Gasteiger partial charge is 0.410 e. The Bertz CT molecular complexity index is 941. The SMILES string of the molecule is COc1cccc(C2(O)CCC(N(Cc3ccccc3)C(=O)OC(C)(C)C)CC2CN(C)C)c1. The molecule has 34 heavy (non-hydrogen) atoms. The molecule has 1 fully saturated rings. The number of methoxy groups -OCH3 is 1. The zero-order valence-electron chi connectivity index (χ0n) is 21.5. The number of hydrogen-bond acceptors (Lipinski definition) is 5. The van der Waals surface area contributed by atoms with Gasteiger partial charge in [-0.05, 0) is 77.4 Å². The summed E-state index contributed by atoms with van der Waals surface area (Å²) in [5.74, 6) is 0.671. The molecule has 0 radical (unpaired) electrons. The molecule has 0 saturated heterocycles. The molecule has 2 aromatic rings. The molecular formula is C28H40N2O4. The number of rotatable bonds is 7. The second-order valence-electron chi connectivity index (χ2n) is 10.6. The first-order valence-corrected chi connectivity index (χ1v) is 12.1. The molecule has 1 N–H and O–H groups in total. The lowest BCUT2D eigenvalue weighted by Crippen LogP contribution is -2.52. The number of benzene rings is 2. The summed E-state index contributed by atoms with van der Waals surface area (Å²) in [6.07, 6.45) is 1.61. The number of hydrogen-bond donors (Lipinski definition) is 1.